The van der Waals surface area contributed by atoms with Gasteiger partial charge in [-0.05, 0) is 24.3 Å². The molecule has 104 valence electrons. The van der Waals surface area contributed by atoms with Crippen LogP contribution in [0, 0.1) is 10.1 Å². The summed E-state index contributed by atoms with van der Waals surface area (Å²) in [5, 5.41) is 10.5. The second-order valence-corrected chi connectivity index (χ2v) is 6.93. The van der Waals surface area contributed by atoms with Gasteiger partial charge in [0.2, 0.25) is 0 Å². The van der Waals surface area contributed by atoms with Gasteiger partial charge in [-0.25, -0.2) is 0 Å². The summed E-state index contributed by atoms with van der Waals surface area (Å²) in [6.45, 7) is 0. The van der Waals surface area contributed by atoms with Crippen LogP contribution in [0.3, 0.4) is 0 Å². The number of carbonyl (C=O) groups excluding carboxylic acids is 1. The van der Waals surface area contributed by atoms with Crippen molar-refractivity contribution in [3.05, 3.63) is 55.7 Å². The minimum absolute atomic E-state index is 0.0814. The second-order valence-electron chi connectivity index (χ2n) is 3.77. The highest BCUT2D eigenvalue weighted by atomic mass is 35.5. The molecule has 0 aliphatic carbocycles. The smallest absolute Gasteiger partial charge is 0.269 e. The third-order valence-electron chi connectivity index (χ3n) is 2.42. The molecule has 0 saturated heterocycles. The highest BCUT2D eigenvalue weighted by Crippen LogP contribution is 2.22. The first-order chi connectivity index (χ1) is 9.47. The summed E-state index contributed by atoms with van der Waals surface area (Å²) in [5.41, 5.74) is -0.0814. The average molecular weight is 330 g/mol. The molecule has 1 atom stereocenters. The Balaban J connectivity index is 2.08. The molecular formula is C12H8ClNO4S2. The molecule has 0 saturated carbocycles. The fraction of sp³-hybridized carbons (Fsp3) is 0.0833. The maximum atomic E-state index is 12.0. The molecule has 20 heavy (non-hydrogen) atoms. The highest BCUT2D eigenvalue weighted by molar-refractivity contribution is 7.85. The van der Waals surface area contributed by atoms with Crippen molar-refractivity contribution in [2.24, 2.45) is 0 Å². The number of carbonyl (C=O) groups is 1. The fourth-order valence-corrected chi connectivity index (χ4v) is 3.53. The van der Waals surface area contributed by atoms with E-state index < -0.39 is 15.7 Å². The lowest BCUT2D eigenvalue weighted by atomic mass is 10.3. The Kier molecular flexibility index (Phi) is 4.64. The molecule has 5 nitrogen and oxygen atoms in total. The zero-order valence-corrected chi connectivity index (χ0v) is 12.3. The number of hydrogen-bond acceptors (Lipinski definition) is 5. The Morgan fingerprint density at radius 2 is 1.90 bits per heavy atom. The van der Waals surface area contributed by atoms with E-state index in [4.69, 9.17) is 11.6 Å². The van der Waals surface area contributed by atoms with E-state index >= 15 is 0 Å². The highest BCUT2D eigenvalue weighted by Gasteiger charge is 2.15. The number of hydrogen-bond donors (Lipinski definition) is 0. The molecule has 0 spiro atoms. The third kappa shape index (κ3) is 3.50. The number of ketones is 1. The second kappa shape index (κ2) is 6.25. The summed E-state index contributed by atoms with van der Waals surface area (Å²) < 4.78 is 12.5. The largest absolute Gasteiger partial charge is 0.292 e. The van der Waals surface area contributed by atoms with Gasteiger partial charge in [0.1, 0.15) is 0 Å². The number of rotatable bonds is 5. The van der Waals surface area contributed by atoms with Crippen LogP contribution in [0.15, 0.2) is 41.3 Å². The van der Waals surface area contributed by atoms with Gasteiger partial charge >= 0.3 is 0 Å². The predicted molar refractivity (Wildman–Crippen MR) is 78.0 cm³/mol. The van der Waals surface area contributed by atoms with Crippen LogP contribution in [-0.2, 0) is 10.8 Å². The number of Topliss-reactive ketones (excluding diaryl/α,β-unsaturated/α-hetero) is 1. The van der Waals surface area contributed by atoms with Gasteiger partial charge in [0.05, 0.1) is 30.7 Å². The van der Waals surface area contributed by atoms with Crippen LogP contribution in [0.25, 0.3) is 0 Å². The first kappa shape index (κ1) is 14.8. The van der Waals surface area contributed by atoms with Crippen molar-refractivity contribution in [1.82, 2.24) is 0 Å². The molecule has 0 N–H and O–H groups in total. The molecule has 8 heteroatoms. The normalized spacial score (nSPS) is 12.1. The molecule has 2 aromatic rings. The monoisotopic (exact) mass is 329 g/mol. The van der Waals surface area contributed by atoms with E-state index in [0.717, 1.165) is 11.3 Å². The summed E-state index contributed by atoms with van der Waals surface area (Å²) in [6, 6.07) is 8.50. The van der Waals surface area contributed by atoms with Crippen LogP contribution < -0.4 is 0 Å². The van der Waals surface area contributed by atoms with Crippen LogP contribution in [-0.4, -0.2) is 20.7 Å². The number of non-ortho nitro benzene ring substituents is 1. The first-order valence-electron chi connectivity index (χ1n) is 5.39. The zero-order chi connectivity index (χ0) is 14.7. The quantitative estimate of drug-likeness (QED) is 0.479. The van der Waals surface area contributed by atoms with E-state index in [1.165, 1.54) is 24.3 Å². The topological polar surface area (TPSA) is 77.3 Å². The molecule has 1 unspecified atom stereocenters. The minimum atomic E-state index is -1.53. The first-order valence-corrected chi connectivity index (χ1v) is 7.90. The zero-order valence-electron chi connectivity index (χ0n) is 9.95. The summed E-state index contributed by atoms with van der Waals surface area (Å²) >= 11 is 6.86. The van der Waals surface area contributed by atoms with Gasteiger partial charge in [-0.2, -0.15) is 0 Å². The molecule has 0 aliphatic rings. The molecule has 1 aromatic heterocycles. The molecule has 1 heterocycles. The standard InChI is InChI=1S/C12H8ClNO4S2/c13-12-6-5-11(19-12)10(15)7-20(18)9-3-1-8(2-4-9)14(16)17/h1-6H,7H2. The Bertz CT molecular complexity index is 681. The molecular weight excluding hydrogens is 322 g/mol. The van der Waals surface area contributed by atoms with Crippen molar-refractivity contribution >= 4 is 45.2 Å². The molecule has 0 fully saturated rings. The molecule has 0 amide bonds. The van der Waals surface area contributed by atoms with E-state index in [0.29, 0.717) is 14.1 Å². The van der Waals surface area contributed by atoms with E-state index in [9.17, 15) is 19.1 Å². The van der Waals surface area contributed by atoms with E-state index in [-0.39, 0.29) is 17.2 Å². The van der Waals surface area contributed by atoms with Crippen molar-refractivity contribution in [2.75, 3.05) is 5.75 Å². The predicted octanol–water partition coefficient (Wildman–Crippen LogP) is 3.30. The Morgan fingerprint density at radius 1 is 1.25 bits per heavy atom. The van der Waals surface area contributed by atoms with Gasteiger partial charge in [0, 0.05) is 17.0 Å². The van der Waals surface area contributed by atoms with E-state index in [2.05, 4.69) is 0 Å². The van der Waals surface area contributed by atoms with Gasteiger partial charge in [-0.3, -0.25) is 19.1 Å². The van der Waals surface area contributed by atoms with Crippen molar-refractivity contribution in [2.45, 2.75) is 4.90 Å². The molecule has 0 aliphatic heterocycles. The van der Waals surface area contributed by atoms with Crippen molar-refractivity contribution in [3.8, 4) is 0 Å². The molecule has 0 bridgehead atoms. The number of halogens is 1. The lowest BCUT2D eigenvalue weighted by Crippen LogP contribution is -2.09. The van der Waals surface area contributed by atoms with Crippen LogP contribution in [0.4, 0.5) is 5.69 Å². The van der Waals surface area contributed by atoms with Crippen molar-refractivity contribution in [3.63, 3.8) is 0 Å². The number of nitro benzene ring substituents is 1. The van der Waals surface area contributed by atoms with Crippen molar-refractivity contribution < 1.29 is 13.9 Å². The number of nitro groups is 1. The maximum Gasteiger partial charge on any atom is 0.269 e. The third-order valence-corrected chi connectivity index (χ3v) is 5.02. The Morgan fingerprint density at radius 3 is 2.40 bits per heavy atom. The van der Waals surface area contributed by atoms with Crippen LogP contribution in [0.2, 0.25) is 4.34 Å². The average Bonchev–Trinajstić information content (AvgIpc) is 2.85. The summed E-state index contributed by atoms with van der Waals surface area (Å²) in [7, 11) is -1.53. The lowest BCUT2D eigenvalue weighted by Gasteiger charge is -2.00. The number of benzene rings is 1. The van der Waals surface area contributed by atoms with Gasteiger partial charge in [0.15, 0.2) is 5.78 Å². The van der Waals surface area contributed by atoms with E-state index in [1.807, 2.05) is 0 Å². The maximum absolute atomic E-state index is 12.0. The van der Waals surface area contributed by atoms with Crippen molar-refractivity contribution in [1.29, 1.82) is 0 Å². The fourth-order valence-electron chi connectivity index (χ4n) is 1.46. The summed E-state index contributed by atoms with van der Waals surface area (Å²) in [5.74, 6) is -0.437. The Labute approximate surface area is 125 Å². The summed E-state index contributed by atoms with van der Waals surface area (Å²) in [4.78, 5) is 22.7. The van der Waals surface area contributed by atoms with Crippen LogP contribution >= 0.6 is 22.9 Å². The van der Waals surface area contributed by atoms with Crippen LogP contribution in [0.5, 0.6) is 0 Å². The summed E-state index contributed by atoms with van der Waals surface area (Å²) in [6.07, 6.45) is 0. The number of thiophene rings is 1. The SMILES string of the molecule is O=C(CS(=O)c1ccc([N+](=O)[O-])cc1)c1ccc(Cl)s1. The number of nitrogens with zero attached hydrogens (tertiary/aromatic N) is 1. The van der Waals surface area contributed by atoms with Gasteiger partial charge in [-0.1, -0.05) is 11.6 Å². The van der Waals surface area contributed by atoms with E-state index in [1.54, 1.807) is 12.1 Å². The molecule has 0 radical (unpaired) electrons. The van der Waals surface area contributed by atoms with Gasteiger partial charge in [0.25, 0.3) is 5.69 Å². The van der Waals surface area contributed by atoms with Crippen LogP contribution in [0.1, 0.15) is 9.67 Å². The lowest BCUT2D eigenvalue weighted by molar-refractivity contribution is -0.384. The Hall–Kier alpha value is -1.57. The molecule has 2 rings (SSSR count). The minimum Gasteiger partial charge on any atom is -0.292 e. The van der Waals surface area contributed by atoms with Gasteiger partial charge in [-0.15, -0.1) is 11.3 Å². The molecule has 1 aromatic carbocycles. The van der Waals surface area contributed by atoms with Gasteiger partial charge < -0.3 is 0 Å².